The van der Waals surface area contributed by atoms with Gasteiger partial charge in [0.1, 0.15) is 0 Å². The van der Waals surface area contributed by atoms with Crippen LogP contribution in [-0.4, -0.2) is 53.8 Å². The van der Waals surface area contributed by atoms with Gasteiger partial charge < -0.3 is 19.9 Å². The van der Waals surface area contributed by atoms with Gasteiger partial charge in [0.15, 0.2) is 5.88 Å². The molecule has 0 atom stereocenters. The minimum absolute atomic E-state index is 0.0173. The minimum Gasteiger partial charge on any atom is -0.494 e. The lowest BCUT2D eigenvalue weighted by atomic mass is 10.0. The fraction of sp³-hybridized carbons (Fsp3) is 0.214. The van der Waals surface area contributed by atoms with E-state index in [1.54, 1.807) is 11.8 Å². The van der Waals surface area contributed by atoms with Gasteiger partial charge >= 0.3 is 0 Å². The second-order valence-electron chi connectivity index (χ2n) is 8.56. The van der Waals surface area contributed by atoms with Crippen molar-refractivity contribution in [3.63, 3.8) is 0 Å². The average molecular weight is 455 g/mol. The zero-order valence-electron chi connectivity index (χ0n) is 19.8. The van der Waals surface area contributed by atoms with E-state index >= 15 is 0 Å². The van der Waals surface area contributed by atoms with Gasteiger partial charge in [-0.25, -0.2) is 4.99 Å². The first-order valence-corrected chi connectivity index (χ1v) is 11.4. The molecule has 4 rings (SSSR count). The van der Waals surface area contributed by atoms with Crippen molar-refractivity contribution >= 4 is 33.9 Å². The van der Waals surface area contributed by atoms with Crippen LogP contribution < -0.4 is 4.90 Å². The van der Waals surface area contributed by atoms with E-state index in [0.29, 0.717) is 17.8 Å². The highest BCUT2D eigenvalue weighted by molar-refractivity contribution is 6.21. The van der Waals surface area contributed by atoms with Gasteiger partial charge in [0.05, 0.1) is 17.0 Å². The Balaban J connectivity index is 1.71. The third-order valence-corrected chi connectivity index (χ3v) is 5.74. The number of benzene rings is 3. The van der Waals surface area contributed by atoms with E-state index in [-0.39, 0.29) is 11.8 Å². The fourth-order valence-electron chi connectivity index (χ4n) is 4.08. The number of para-hydroxylation sites is 1. The molecule has 0 unspecified atom stereocenters. The van der Waals surface area contributed by atoms with Gasteiger partial charge in [0.2, 0.25) is 5.91 Å². The lowest BCUT2D eigenvalue weighted by Gasteiger charge is -2.22. The van der Waals surface area contributed by atoms with Crippen LogP contribution in [-0.2, 0) is 4.79 Å². The summed E-state index contributed by atoms with van der Waals surface area (Å²) < 4.78 is 0. The predicted octanol–water partition coefficient (Wildman–Crippen LogP) is 5.35. The number of hydrogen-bond donors (Lipinski definition) is 2. The molecule has 0 bridgehead atoms. The van der Waals surface area contributed by atoms with Gasteiger partial charge in [-0.2, -0.15) is 0 Å². The number of aromatic nitrogens is 1. The Bertz CT molecular complexity index is 1290. The highest BCUT2D eigenvalue weighted by Crippen LogP contribution is 2.31. The van der Waals surface area contributed by atoms with Crippen molar-refractivity contribution < 1.29 is 9.90 Å². The Labute approximate surface area is 200 Å². The average Bonchev–Trinajstić information content (AvgIpc) is 3.16. The third kappa shape index (κ3) is 5.18. The van der Waals surface area contributed by atoms with Crippen LogP contribution in [0.1, 0.15) is 24.5 Å². The molecule has 0 aliphatic heterocycles. The summed E-state index contributed by atoms with van der Waals surface area (Å²) in [5, 5.41) is 11.7. The Hall–Kier alpha value is -3.90. The number of aromatic hydroxyl groups is 1. The molecule has 34 heavy (non-hydrogen) atoms. The normalized spacial score (nSPS) is 11.8. The number of hydrogen-bond acceptors (Lipinski definition) is 4. The molecule has 1 aromatic heterocycles. The topological polar surface area (TPSA) is 71.9 Å². The first-order chi connectivity index (χ1) is 16.4. The molecule has 0 aliphatic carbocycles. The molecule has 2 N–H and O–H groups in total. The van der Waals surface area contributed by atoms with Crippen molar-refractivity contribution in [2.75, 3.05) is 32.1 Å². The van der Waals surface area contributed by atoms with Crippen LogP contribution >= 0.6 is 0 Å². The maximum Gasteiger partial charge on any atom is 0.223 e. The number of rotatable bonds is 8. The SMILES string of the molecule is CC(=O)N(CCCN(C)C)c1ccc(N=C(c2ccccc2)c2c(O)[nH]c3ccccc23)cc1. The number of H-pyrrole nitrogens is 1. The van der Waals surface area contributed by atoms with E-state index in [1.807, 2.05) is 93.0 Å². The number of aromatic amines is 1. The van der Waals surface area contributed by atoms with Gasteiger partial charge in [-0.1, -0.05) is 48.5 Å². The van der Waals surface area contributed by atoms with Gasteiger partial charge in [-0.05, 0) is 57.4 Å². The Morgan fingerprint density at radius 3 is 2.26 bits per heavy atom. The van der Waals surface area contributed by atoms with Crippen molar-refractivity contribution in [2.45, 2.75) is 13.3 Å². The van der Waals surface area contributed by atoms with Crippen LogP contribution in [0.25, 0.3) is 10.9 Å². The summed E-state index contributed by atoms with van der Waals surface area (Å²) in [6.07, 6.45) is 0.893. The molecule has 0 fully saturated rings. The van der Waals surface area contributed by atoms with E-state index in [1.165, 1.54) is 0 Å². The molecule has 3 aromatic carbocycles. The number of amides is 1. The summed E-state index contributed by atoms with van der Waals surface area (Å²) in [5.41, 5.74) is 4.69. The van der Waals surface area contributed by atoms with Gasteiger partial charge in [-0.3, -0.25) is 4.79 Å². The number of fused-ring (bicyclic) bond motifs is 1. The largest absolute Gasteiger partial charge is 0.494 e. The van der Waals surface area contributed by atoms with Crippen LogP contribution in [0.3, 0.4) is 0 Å². The second kappa shape index (κ2) is 10.4. The summed E-state index contributed by atoms with van der Waals surface area (Å²) >= 11 is 0. The van der Waals surface area contributed by atoms with E-state index in [0.717, 1.165) is 40.8 Å². The lowest BCUT2D eigenvalue weighted by Crippen LogP contribution is -2.31. The number of aliphatic imine (C=N–C) groups is 1. The van der Waals surface area contributed by atoms with E-state index in [4.69, 9.17) is 4.99 Å². The van der Waals surface area contributed by atoms with Gasteiger partial charge in [0.25, 0.3) is 0 Å². The first kappa shape index (κ1) is 23.3. The zero-order chi connectivity index (χ0) is 24.1. The number of nitrogens with one attached hydrogen (secondary N) is 1. The standard InChI is InChI=1S/C28H30N4O2/c1-20(33)32(19-9-18-31(2)3)23-16-14-22(15-17-23)29-27(21-10-5-4-6-11-21)26-24-12-7-8-13-25(24)30-28(26)34/h4-8,10-17,30,34H,9,18-19H2,1-3H3. The highest BCUT2D eigenvalue weighted by Gasteiger charge is 2.18. The number of anilines is 1. The molecule has 0 saturated carbocycles. The minimum atomic E-state index is 0.0173. The molecule has 1 amide bonds. The predicted molar refractivity (Wildman–Crippen MR) is 139 cm³/mol. The van der Waals surface area contributed by atoms with Crippen LogP contribution in [0.2, 0.25) is 0 Å². The zero-order valence-corrected chi connectivity index (χ0v) is 19.8. The van der Waals surface area contributed by atoms with Crippen LogP contribution in [0.4, 0.5) is 11.4 Å². The molecule has 6 nitrogen and oxygen atoms in total. The molecule has 4 aromatic rings. The Morgan fingerprint density at radius 2 is 1.59 bits per heavy atom. The molecule has 174 valence electrons. The summed E-state index contributed by atoms with van der Waals surface area (Å²) in [6, 6.07) is 25.3. The van der Waals surface area contributed by atoms with E-state index in [2.05, 4.69) is 9.88 Å². The van der Waals surface area contributed by atoms with Gasteiger partial charge in [0, 0.05) is 35.6 Å². The molecule has 0 spiro atoms. The van der Waals surface area contributed by atoms with E-state index < -0.39 is 0 Å². The second-order valence-corrected chi connectivity index (χ2v) is 8.56. The Kier molecular flexibility index (Phi) is 7.09. The molecule has 0 saturated heterocycles. The summed E-state index contributed by atoms with van der Waals surface area (Å²) in [6.45, 7) is 3.17. The maximum absolute atomic E-state index is 12.2. The smallest absolute Gasteiger partial charge is 0.223 e. The summed E-state index contributed by atoms with van der Waals surface area (Å²) in [4.78, 5) is 24.1. The van der Waals surface area contributed by atoms with Crippen LogP contribution in [0.15, 0.2) is 83.9 Å². The van der Waals surface area contributed by atoms with E-state index in [9.17, 15) is 9.90 Å². The summed E-state index contributed by atoms with van der Waals surface area (Å²) in [7, 11) is 4.06. The fourth-order valence-corrected chi connectivity index (χ4v) is 4.08. The molecule has 0 aliphatic rings. The molecular weight excluding hydrogens is 424 g/mol. The van der Waals surface area contributed by atoms with Crippen molar-refractivity contribution in [1.29, 1.82) is 0 Å². The monoisotopic (exact) mass is 454 g/mol. The van der Waals surface area contributed by atoms with Gasteiger partial charge in [-0.15, -0.1) is 0 Å². The quantitative estimate of drug-likeness (QED) is 0.353. The summed E-state index contributed by atoms with van der Waals surface area (Å²) in [5.74, 6) is 0.104. The van der Waals surface area contributed by atoms with Crippen molar-refractivity contribution in [1.82, 2.24) is 9.88 Å². The molecule has 6 heteroatoms. The third-order valence-electron chi connectivity index (χ3n) is 5.74. The lowest BCUT2D eigenvalue weighted by molar-refractivity contribution is -0.116. The van der Waals surface area contributed by atoms with Crippen molar-refractivity contribution in [2.24, 2.45) is 4.99 Å². The molecule has 0 radical (unpaired) electrons. The first-order valence-electron chi connectivity index (χ1n) is 11.4. The Morgan fingerprint density at radius 1 is 0.912 bits per heavy atom. The van der Waals surface area contributed by atoms with Crippen LogP contribution in [0, 0.1) is 0 Å². The molecular formula is C28H30N4O2. The maximum atomic E-state index is 12.2. The number of nitrogens with zero attached hydrogens (tertiary/aromatic N) is 3. The number of carbonyl (C=O) groups is 1. The number of carbonyl (C=O) groups excluding carboxylic acids is 1. The van der Waals surface area contributed by atoms with Crippen LogP contribution in [0.5, 0.6) is 5.88 Å². The van der Waals surface area contributed by atoms with Crippen molar-refractivity contribution in [3.05, 3.63) is 90.0 Å². The van der Waals surface area contributed by atoms with Crippen molar-refractivity contribution in [3.8, 4) is 5.88 Å². The highest BCUT2D eigenvalue weighted by atomic mass is 16.3. The molecule has 1 heterocycles.